The molecule has 12 heavy (non-hydrogen) atoms. The van der Waals surface area contributed by atoms with Gasteiger partial charge in [-0.15, -0.1) is 0 Å². The molecule has 2 rings (SSSR count). The maximum absolute atomic E-state index is 11.3. The number of nitrogens with two attached hydrogens (primary N) is 1. The summed E-state index contributed by atoms with van der Waals surface area (Å²) in [7, 11) is 1.78. The summed E-state index contributed by atoms with van der Waals surface area (Å²) >= 11 is 0. The molecule has 0 atom stereocenters. The van der Waals surface area contributed by atoms with Crippen LogP contribution in [0.4, 0.5) is 5.69 Å². The smallest absolute Gasteiger partial charge is 0.274 e. The highest BCUT2D eigenvalue weighted by atomic mass is 16.1. The highest BCUT2D eigenvalue weighted by Crippen LogP contribution is 2.14. The molecule has 0 saturated heterocycles. The number of fused-ring (bicyclic) bond motifs is 1. The third-order valence-corrected chi connectivity index (χ3v) is 1.93. The topological polar surface area (TPSA) is 63.8 Å². The summed E-state index contributed by atoms with van der Waals surface area (Å²) in [5, 5.41) is 3.21. The fourth-order valence-electron chi connectivity index (χ4n) is 1.35. The zero-order valence-electron chi connectivity index (χ0n) is 6.66. The molecule has 0 aliphatic rings. The van der Waals surface area contributed by atoms with Gasteiger partial charge in [0.05, 0.1) is 10.9 Å². The van der Waals surface area contributed by atoms with E-state index < -0.39 is 0 Å². The van der Waals surface area contributed by atoms with Gasteiger partial charge in [0.2, 0.25) is 0 Å². The number of hydrogen-bond acceptors (Lipinski definition) is 2. The van der Waals surface area contributed by atoms with Crippen LogP contribution in [-0.4, -0.2) is 9.78 Å². The van der Waals surface area contributed by atoms with E-state index in [2.05, 4.69) is 5.10 Å². The van der Waals surface area contributed by atoms with Crippen molar-refractivity contribution in [2.45, 2.75) is 0 Å². The van der Waals surface area contributed by atoms with E-state index in [4.69, 9.17) is 5.73 Å². The van der Waals surface area contributed by atoms with Crippen LogP contribution in [0.3, 0.4) is 0 Å². The second-order valence-electron chi connectivity index (χ2n) is 2.74. The van der Waals surface area contributed by atoms with E-state index >= 15 is 0 Å². The molecule has 0 radical (unpaired) electrons. The summed E-state index contributed by atoms with van der Waals surface area (Å²) in [4.78, 5) is 11.3. The van der Waals surface area contributed by atoms with Crippen molar-refractivity contribution >= 4 is 16.6 Å². The molecule has 1 aromatic heterocycles. The average Bonchev–Trinajstić information content (AvgIpc) is 2.29. The van der Waals surface area contributed by atoms with Crippen LogP contribution in [0.1, 0.15) is 0 Å². The quantitative estimate of drug-likeness (QED) is 0.554. The van der Waals surface area contributed by atoms with E-state index in [1.807, 2.05) is 12.1 Å². The Kier molecular flexibility index (Phi) is 1.24. The zero-order chi connectivity index (χ0) is 8.72. The van der Waals surface area contributed by atoms with Gasteiger partial charge in [0.25, 0.3) is 5.56 Å². The standard InChI is InChI=1S/C8H9N3O/c1-11-6-4-2-3-5(9)7(6)8(12)10-11/h2-4H,9H2,1H3,(H,10,12). The zero-order valence-corrected chi connectivity index (χ0v) is 6.66. The van der Waals surface area contributed by atoms with Crippen molar-refractivity contribution in [1.82, 2.24) is 9.78 Å². The maximum Gasteiger partial charge on any atom is 0.274 e. The predicted octanol–water partition coefficient (Wildman–Crippen LogP) is 0.449. The molecule has 0 saturated carbocycles. The minimum atomic E-state index is -0.134. The lowest BCUT2D eigenvalue weighted by atomic mass is 10.2. The maximum atomic E-state index is 11.3. The first kappa shape index (κ1) is 6.97. The molecule has 0 aliphatic carbocycles. The second-order valence-corrected chi connectivity index (χ2v) is 2.74. The number of benzene rings is 1. The lowest BCUT2D eigenvalue weighted by Gasteiger charge is -1.94. The van der Waals surface area contributed by atoms with Crippen LogP contribution >= 0.6 is 0 Å². The molecule has 0 unspecified atom stereocenters. The number of nitrogen functional groups attached to an aromatic ring is 1. The number of hydrogen-bond donors (Lipinski definition) is 2. The first-order valence-electron chi connectivity index (χ1n) is 3.63. The van der Waals surface area contributed by atoms with Gasteiger partial charge in [-0.3, -0.25) is 14.6 Å². The van der Waals surface area contributed by atoms with Crippen molar-refractivity contribution in [1.29, 1.82) is 0 Å². The summed E-state index contributed by atoms with van der Waals surface area (Å²) in [6.07, 6.45) is 0. The second kappa shape index (κ2) is 2.14. The Balaban J connectivity index is 3.09. The van der Waals surface area contributed by atoms with Gasteiger partial charge >= 0.3 is 0 Å². The predicted molar refractivity (Wildman–Crippen MR) is 48.0 cm³/mol. The average molecular weight is 163 g/mol. The van der Waals surface area contributed by atoms with E-state index in [0.29, 0.717) is 11.1 Å². The van der Waals surface area contributed by atoms with Crippen molar-refractivity contribution in [3.05, 3.63) is 28.6 Å². The minimum Gasteiger partial charge on any atom is -0.398 e. The van der Waals surface area contributed by atoms with Crippen LogP contribution in [0.2, 0.25) is 0 Å². The molecule has 0 spiro atoms. The van der Waals surface area contributed by atoms with Crippen molar-refractivity contribution in [3.63, 3.8) is 0 Å². The van der Waals surface area contributed by atoms with Crippen molar-refractivity contribution in [3.8, 4) is 0 Å². The number of aromatic amines is 1. The van der Waals surface area contributed by atoms with E-state index in [9.17, 15) is 4.79 Å². The van der Waals surface area contributed by atoms with E-state index in [0.717, 1.165) is 5.52 Å². The molecule has 1 aromatic carbocycles. The van der Waals surface area contributed by atoms with Gasteiger partial charge in [0, 0.05) is 12.7 Å². The largest absolute Gasteiger partial charge is 0.398 e. The number of H-pyrrole nitrogens is 1. The summed E-state index contributed by atoms with van der Waals surface area (Å²) in [5.41, 5.74) is 6.86. The first-order chi connectivity index (χ1) is 5.70. The molecule has 4 heteroatoms. The van der Waals surface area contributed by atoms with Crippen LogP contribution in [0.25, 0.3) is 10.9 Å². The van der Waals surface area contributed by atoms with E-state index in [1.54, 1.807) is 17.8 Å². The van der Waals surface area contributed by atoms with Crippen LogP contribution in [0, 0.1) is 0 Å². The molecule has 3 N–H and O–H groups in total. The molecule has 0 amide bonds. The molecule has 62 valence electrons. The lowest BCUT2D eigenvalue weighted by molar-refractivity contribution is 0.783. The van der Waals surface area contributed by atoms with Crippen LogP contribution in [0.5, 0.6) is 0 Å². The van der Waals surface area contributed by atoms with Gasteiger partial charge < -0.3 is 5.73 Å². The van der Waals surface area contributed by atoms with Crippen molar-refractivity contribution in [2.75, 3.05) is 5.73 Å². The number of rotatable bonds is 0. The number of nitrogens with one attached hydrogen (secondary N) is 1. The Morgan fingerprint density at radius 1 is 1.50 bits per heavy atom. The van der Waals surface area contributed by atoms with Crippen molar-refractivity contribution < 1.29 is 0 Å². The molecule has 0 aliphatic heterocycles. The summed E-state index contributed by atoms with van der Waals surface area (Å²) in [5.74, 6) is 0. The Morgan fingerprint density at radius 2 is 2.25 bits per heavy atom. The lowest BCUT2D eigenvalue weighted by Crippen LogP contribution is -2.02. The normalized spacial score (nSPS) is 10.8. The first-order valence-corrected chi connectivity index (χ1v) is 3.63. The fourth-order valence-corrected chi connectivity index (χ4v) is 1.35. The number of aryl methyl sites for hydroxylation is 1. The fraction of sp³-hybridized carbons (Fsp3) is 0.125. The van der Waals surface area contributed by atoms with Crippen LogP contribution in [-0.2, 0) is 7.05 Å². The molecule has 1 heterocycles. The van der Waals surface area contributed by atoms with Gasteiger partial charge in [0.1, 0.15) is 0 Å². The van der Waals surface area contributed by atoms with Gasteiger partial charge in [0.15, 0.2) is 0 Å². The number of anilines is 1. The van der Waals surface area contributed by atoms with Crippen LogP contribution < -0.4 is 11.3 Å². The third kappa shape index (κ3) is 0.747. The van der Waals surface area contributed by atoms with Crippen molar-refractivity contribution in [2.24, 2.45) is 7.05 Å². The SMILES string of the molecule is Cn1[nH]c(=O)c2c(N)cccc21. The minimum absolute atomic E-state index is 0.134. The van der Waals surface area contributed by atoms with Crippen LogP contribution in [0.15, 0.2) is 23.0 Å². The summed E-state index contributed by atoms with van der Waals surface area (Å²) in [6, 6.07) is 5.39. The van der Waals surface area contributed by atoms with Gasteiger partial charge in [-0.05, 0) is 12.1 Å². The third-order valence-electron chi connectivity index (χ3n) is 1.93. The van der Waals surface area contributed by atoms with E-state index in [1.165, 1.54) is 0 Å². The van der Waals surface area contributed by atoms with Gasteiger partial charge in [-0.25, -0.2) is 0 Å². The monoisotopic (exact) mass is 163 g/mol. The molecular weight excluding hydrogens is 154 g/mol. The molecule has 2 aromatic rings. The van der Waals surface area contributed by atoms with E-state index in [-0.39, 0.29) is 5.56 Å². The Morgan fingerprint density at radius 3 is 2.92 bits per heavy atom. The molecular formula is C8H9N3O. The Bertz CT molecular complexity index is 480. The number of nitrogens with zero attached hydrogens (tertiary/aromatic N) is 1. The number of aromatic nitrogens is 2. The Labute approximate surface area is 68.6 Å². The Hall–Kier alpha value is -1.71. The molecule has 4 nitrogen and oxygen atoms in total. The molecule has 0 bridgehead atoms. The van der Waals surface area contributed by atoms with Gasteiger partial charge in [-0.1, -0.05) is 6.07 Å². The summed E-state index contributed by atoms with van der Waals surface area (Å²) < 4.78 is 1.66. The van der Waals surface area contributed by atoms with Gasteiger partial charge in [-0.2, -0.15) is 0 Å². The highest BCUT2D eigenvalue weighted by Gasteiger charge is 2.05. The highest BCUT2D eigenvalue weighted by molar-refractivity contribution is 5.89. The molecule has 0 fully saturated rings. The summed E-state index contributed by atoms with van der Waals surface area (Å²) in [6.45, 7) is 0.